The minimum atomic E-state index is 0.895. The van der Waals surface area contributed by atoms with E-state index in [0.717, 1.165) is 6.67 Å². The van der Waals surface area contributed by atoms with Crippen molar-refractivity contribution in [2.45, 2.75) is 0 Å². The van der Waals surface area contributed by atoms with Crippen LogP contribution in [0.3, 0.4) is 0 Å². The third kappa shape index (κ3) is 0.480. The van der Waals surface area contributed by atoms with Crippen LogP contribution in [-0.4, -0.2) is 14.5 Å². The van der Waals surface area contributed by atoms with E-state index in [0.29, 0.717) is 0 Å². The molecule has 0 aromatic carbocycles. The van der Waals surface area contributed by atoms with Gasteiger partial charge < -0.3 is 10.6 Å². The SMILES string of the molecule is BC1=CNCN1. The first-order valence-corrected chi connectivity index (χ1v) is 2.03. The normalized spacial score (nSPS) is 18.3. The van der Waals surface area contributed by atoms with E-state index in [4.69, 9.17) is 0 Å². The molecule has 3 heteroatoms. The summed E-state index contributed by atoms with van der Waals surface area (Å²) in [7, 11) is 2.03. The second kappa shape index (κ2) is 1.24. The van der Waals surface area contributed by atoms with Gasteiger partial charge in [-0.2, -0.15) is 0 Å². The van der Waals surface area contributed by atoms with Crippen molar-refractivity contribution in [3.8, 4) is 0 Å². The van der Waals surface area contributed by atoms with Crippen LogP contribution in [0.4, 0.5) is 0 Å². The molecule has 0 radical (unpaired) electrons. The van der Waals surface area contributed by atoms with Gasteiger partial charge in [-0.05, 0) is 5.60 Å². The molecular formula is C3H7BN2. The van der Waals surface area contributed by atoms with Crippen LogP contribution in [0.1, 0.15) is 0 Å². The van der Waals surface area contributed by atoms with Crippen molar-refractivity contribution in [3.63, 3.8) is 0 Å². The van der Waals surface area contributed by atoms with Crippen LogP contribution >= 0.6 is 0 Å². The lowest BCUT2D eigenvalue weighted by atomic mass is 10.1. The van der Waals surface area contributed by atoms with Gasteiger partial charge in [0.1, 0.15) is 0 Å². The molecular weight excluding hydrogens is 74.9 g/mol. The number of hydrogen-bond donors (Lipinski definition) is 2. The Kier molecular flexibility index (Phi) is 0.745. The zero-order valence-corrected chi connectivity index (χ0v) is 3.78. The summed E-state index contributed by atoms with van der Waals surface area (Å²) in [5, 5.41) is 6.07. The van der Waals surface area contributed by atoms with Crippen molar-refractivity contribution in [2.24, 2.45) is 0 Å². The average molecular weight is 81.9 g/mol. The van der Waals surface area contributed by atoms with E-state index < -0.39 is 0 Å². The van der Waals surface area contributed by atoms with E-state index in [-0.39, 0.29) is 0 Å². The molecule has 2 N–H and O–H groups in total. The van der Waals surface area contributed by atoms with Gasteiger partial charge in [-0.1, -0.05) is 0 Å². The summed E-state index contributed by atoms with van der Waals surface area (Å²) < 4.78 is 0. The minimum Gasteiger partial charge on any atom is -0.379 e. The summed E-state index contributed by atoms with van der Waals surface area (Å²) in [6.07, 6.45) is 1.96. The van der Waals surface area contributed by atoms with Crippen molar-refractivity contribution in [1.82, 2.24) is 10.6 Å². The van der Waals surface area contributed by atoms with Crippen molar-refractivity contribution in [1.29, 1.82) is 0 Å². The van der Waals surface area contributed by atoms with Gasteiger partial charge in [0, 0.05) is 6.20 Å². The van der Waals surface area contributed by atoms with E-state index in [2.05, 4.69) is 10.6 Å². The lowest BCUT2D eigenvalue weighted by molar-refractivity contribution is 0.829. The maximum absolute atomic E-state index is 3.07. The second-order valence-corrected chi connectivity index (χ2v) is 1.39. The van der Waals surface area contributed by atoms with Crippen LogP contribution in [0, 0.1) is 0 Å². The summed E-state index contributed by atoms with van der Waals surface area (Å²) in [6, 6.07) is 0. The molecule has 1 aliphatic heterocycles. The molecule has 0 saturated heterocycles. The molecule has 0 bridgehead atoms. The van der Waals surface area contributed by atoms with Crippen LogP contribution in [0.25, 0.3) is 0 Å². The first-order valence-electron chi connectivity index (χ1n) is 2.03. The summed E-state index contributed by atoms with van der Waals surface area (Å²) >= 11 is 0. The quantitative estimate of drug-likeness (QED) is 0.350. The highest BCUT2D eigenvalue weighted by Gasteiger charge is 1.89. The maximum atomic E-state index is 3.07. The van der Waals surface area contributed by atoms with Crippen LogP contribution < -0.4 is 10.6 Å². The van der Waals surface area contributed by atoms with E-state index in [1.54, 1.807) is 0 Å². The Morgan fingerprint density at radius 1 is 1.83 bits per heavy atom. The molecule has 2 nitrogen and oxygen atoms in total. The monoisotopic (exact) mass is 82.1 g/mol. The third-order valence-corrected chi connectivity index (χ3v) is 0.788. The molecule has 1 aliphatic rings. The zero-order chi connectivity index (χ0) is 4.41. The van der Waals surface area contributed by atoms with Crippen molar-refractivity contribution in [3.05, 3.63) is 11.8 Å². The maximum Gasteiger partial charge on any atom is 0.162 e. The Morgan fingerprint density at radius 3 is 2.83 bits per heavy atom. The molecule has 1 heterocycles. The molecule has 0 amide bonds. The van der Waals surface area contributed by atoms with Gasteiger partial charge in [-0.25, -0.2) is 0 Å². The van der Waals surface area contributed by atoms with Gasteiger partial charge in [0.25, 0.3) is 0 Å². The molecule has 0 spiro atoms. The first kappa shape index (κ1) is 3.59. The third-order valence-electron chi connectivity index (χ3n) is 0.788. The van der Waals surface area contributed by atoms with Gasteiger partial charge in [-0.3, -0.25) is 0 Å². The van der Waals surface area contributed by atoms with Crippen LogP contribution in [-0.2, 0) is 0 Å². The molecule has 0 atom stereocenters. The molecule has 0 saturated carbocycles. The van der Waals surface area contributed by atoms with Gasteiger partial charge in [-0.15, -0.1) is 0 Å². The van der Waals surface area contributed by atoms with Crippen LogP contribution in [0.5, 0.6) is 0 Å². The molecule has 6 heavy (non-hydrogen) atoms. The summed E-state index contributed by atoms with van der Waals surface area (Å²) in [5.74, 6) is 0. The fourth-order valence-electron chi connectivity index (χ4n) is 0.446. The lowest BCUT2D eigenvalue weighted by Gasteiger charge is -1.88. The van der Waals surface area contributed by atoms with Crippen molar-refractivity contribution in [2.75, 3.05) is 6.67 Å². The fourth-order valence-corrected chi connectivity index (χ4v) is 0.446. The van der Waals surface area contributed by atoms with E-state index in [1.165, 1.54) is 5.60 Å². The van der Waals surface area contributed by atoms with Gasteiger partial charge in [0.2, 0.25) is 0 Å². The molecule has 0 aromatic heterocycles. The first-order chi connectivity index (χ1) is 2.89. The average Bonchev–Trinajstić information content (AvgIpc) is 1.86. The number of rotatable bonds is 0. The second-order valence-electron chi connectivity index (χ2n) is 1.39. The molecule has 32 valence electrons. The van der Waals surface area contributed by atoms with Gasteiger partial charge in [0.05, 0.1) is 6.67 Å². The Labute approximate surface area is 38.0 Å². The Bertz CT molecular complexity index is 78.9. The Hall–Kier alpha value is -0.595. The standard InChI is InChI=1S/C3H7BN2/c4-3-1-5-2-6-3/h1,5-6H,2,4H2. The Morgan fingerprint density at radius 2 is 2.67 bits per heavy atom. The smallest absolute Gasteiger partial charge is 0.162 e. The molecule has 0 fully saturated rings. The van der Waals surface area contributed by atoms with E-state index >= 15 is 0 Å². The van der Waals surface area contributed by atoms with Crippen LogP contribution in [0.15, 0.2) is 11.8 Å². The lowest BCUT2D eigenvalue weighted by Crippen LogP contribution is -2.13. The zero-order valence-electron chi connectivity index (χ0n) is 3.78. The molecule has 0 aromatic rings. The summed E-state index contributed by atoms with van der Waals surface area (Å²) in [5.41, 5.74) is 1.22. The van der Waals surface area contributed by atoms with Gasteiger partial charge >= 0.3 is 0 Å². The topological polar surface area (TPSA) is 24.1 Å². The molecule has 1 rings (SSSR count). The number of hydrogen-bond acceptors (Lipinski definition) is 2. The Balaban J connectivity index is 2.45. The molecule has 0 unspecified atom stereocenters. The highest BCUT2D eigenvalue weighted by Crippen LogP contribution is 1.79. The van der Waals surface area contributed by atoms with E-state index in [9.17, 15) is 0 Å². The van der Waals surface area contributed by atoms with Crippen LogP contribution in [0.2, 0.25) is 0 Å². The number of nitrogens with one attached hydrogen (secondary N) is 2. The summed E-state index contributed by atoms with van der Waals surface area (Å²) in [6.45, 7) is 0.895. The highest BCUT2D eigenvalue weighted by molar-refractivity contribution is 6.21. The predicted octanol–water partition coefficient (Wildman–Crippen LogP) is -1.43. The fraction of sp³-hybridized carbons (Fsp3) is 0.333. The minimum absolute atomic E-state index is 0.895. The predicted molar refractivity (Wildman–Crippen MR) is 27.8 cm³/mol. The summed E-state index contributed by atoms with van der Waals surface area (Å²) in [4.78, 5) is 0. The highest BCUT2D eigenvalue weighted by atomic mass is 15.1. The van der Waals surface area contributed by atoms with E-state index in [1.807, 2.05) is 14.0 Å². The largest absolute Gasteiger partial charge is 0.379 e. The van der Waals surface area contributed by atoms with Crippen molar-refractivity contribution >= 4 is 7.85 Å². The van der Waals surface area contributed by atoms with Gasteiger partial charge in [0.15, 0.2) is 7.85 Å². The van der Waals surface area contributed by atoms with Crippen molar-refractivity contribution < 1.29 is 0 Å². The molecule has 0 aliphatic carbocycles.